The molecule has 0 aromatic heterocycles. The first-order valence-electron chi connectivity index (χ1n) is 13.1. The molecule has 0 saturated heterocycles. The molecule has 4 heteroatoms. The number of nitrogens with zero attached hydrogens (tertiary/aromatic N) is 1. The van der Waals surface area contributed by atoms with Gasteiger partial charge in [-0.05, 0) is 61.6 Å². The molecule has 0 fully saturated rings. The summed E-state index contributed by atoms with van der Waals surface area (Å²) in [6.45, 7) is 4.12. The smallest absolute Gasteiger partial charge is 0.259 e. The standard InChI is InChI=1S/C34H30N2O2/c1-22-12-16-24(17-13-22)27-20-29-32(31(37)21-27)33(25-18-14-23(2)15-19-25)36(30-11-7-6-10-28(30)35-29)34(38)26-8-4-3-5-9-26/h3-19,27,33,35H,20-21H2,1-2H3. The summed E-state index contributed by atoms with van der Waals surface area (Å²) in [5.41, 5.74) is 8.18. The summed E-state index contributed by atoms with van der Waals surface area (Å²) in [5.74, 6) is 0.0257. The lowest BCUT2D eigenvalue weighted by Crippen LogP contribution is -2.38. The van der Waals surface area contributed by atoms with Crippen molar-refractivity contribution in [3.63, 3.8) is 0 Å². The fourth-order valence-corrected chi connectivity index (χ4v) is 5.67. The molecular weight excluding hydrogens is 468 g/mol. The number of hydrogen-bond acceptors (Lipinski definition) is 3. The number of anilines is 2. The van der Waals surface area contributed by atoms with E-state index in [0.29, 0.717) is 24.0 Å². The van der Waals surface area contributed by atoms with Crippen molar-refractivity contribution in [2.75, 3.05) is 10.2 Å². The summed E-state index contributed by atoms with van der Waals surface area (Å²) in [6.07, 6.45) is 1.11. The number of rotatable bonds is 3. The highest BCUT2D eigenvalue weighted by atomic mass is 16.2. The van der Waals surface area contributed by atoms with Gasteiger partial charge in [-0.3, -0.25) is 14.5 Å². The zero-order valence-electron chi connectivity index (χ0n) is 21.6. The number of aryl methyl sites for hydroxylation is 2. The van der Waals surface area contributed by atoms with Gasteiger partial charge in [-0.2, -0.15) is 0 Å². The predicted octanol–water partition coefficient (Wildman–Crippen LogP) is 7.52. The third-order valence-electron chi connectivity index (χ3n) is 7.67. The zero-order chi connectivity index (χ0) is 26.2. The van der Waals surface area contributed by atoms with Crippen molar-refractivity contribution in [3.05, 3.63) is 142 Å². The van der Waals surface area contributed by atoms with Crippen LogP contribution in [-0.2, 0) is 4.79 Å². The maximum atomic E-state index is 14.2. The number of Topliss-reactive ketones (excluding diaryl/α,β-unsaturated/α-hetero) is 1. The Bertz CT molecular complexity index is 1540. The van der Waals surface area contributed by atoms with E-state index in [0.717, 1.165) is 28.2 Å². The van der Waals surface area contributed by atoms with E-state index in [1.165, 1.54) is 11.1 Å². The van der Waals surface area contributed by atoms with Crippen LogP contribution in [0.3, 0.4) is 0 Å². The molecule has 1 aliphatic heterocycles. The van der Waals surface area contributed by atoms with Crippen LogP contribution in [0.25, 0.3) is 0 Å². The van der Waals surface area contributed by atoms with Gasteiger partial charge in [0.1, 0.15) is 0 Å². The van der Waals surface area contributed by atoms with Crippen molar-refractivity contribution in [1.29, 1.82) is 0 Å². The molecule has 0 bridgehead atoms. The fraction of sp³-hybridized carbons (Fsp3) is 0.176. The molecular formula is C34H30N2O2. The number of amides is 1. The van der Waals surface area contributed by atoms with E-state index in [2.05, 4.69) is 36.5 Å². The number of benzene rings is 4. The average Bonchev–Trinajstić information content (AvgIpc) is 3.08. The van der Waals surface area contributed by atoms with Gasteiger partial charge in [0.2, 0.25) is 0 Å². The van der Waals surface area contributed by atoms with E-state index in [1.54, 1.807) is 0 Å². The lowest BCUT2D eigenvalue weighted by molar-refractivity contribution is -0.116. The van der Waals surface area contributed by atoms with Crippen LogP contribution in [0, 0.1) is 13.8 Å². The van der Waals surface area contributed by atoms with Crippen molar-refractivity contribution < 1.29 is 9.59 Å². The number of allylic oxidation sites excluding steroid dienone is 1. The Balaban J connectivity index is 1.55. The molecule has 1 amide bonds. The zero-order valence-corrected chi connectivity index (χ0v) is 21.6. The summed E-state index contributed by atoms with van der Waals surface area (Å²) >= 11 is 0. The van der Waals surface area contributed by atoms with Crippen LogP contribution in [0.5, 0.6) is 0 Å². The molecule has 1 N–H and O–H groups in total. The van der Waals surface area contributed by atoms with Gasteiger partial charge in [0, 0.05) is 23.3 Å². The van der Waals surface area contributed by atoms with Gasteiger partial charge in [-0.15, -0.1) is 0 Å². The third-order valence-corrected chi connectivity index (χ3v) is 7.67. The molecule has 2 aliphatic rings. The molecule has 38 heavy (non-hydrogen) atoms. The van der Waals surface area contributed by atoms with Crippen LogP contribution >= 0.6 is 0 Å². The number of nitrogens with one attached hydrogen (secondary N) is 1. The minimum atomic E-state index is -0.541. The summed E-state index contributed by atoms with van der Waals surface area (Å²) in [6, 6.07) is 33.3. The van der Waals surface area contributed by atoms with Gasteiger partial charge >= 0.3 is 0 Å². The molecule has 6 rings (SSSR count). The number of hydrogen-bond donors (Lipinski definition) is 1. The third kappa shape index (κ3) is 4.32. The Morgan fingerprint density at radius 1 is 0.737 bits per heavy atom. The molecule has 4 nitrogen and oxygen atoms in total. The first kappa shape index (κ1) is 23.9. The molecule has 4 aromatic carbocycles. The van der Waals surface area contributed by atoms with E-state index in [4.69, 9.17) is 0 Å². The number of para-hydroxylation sites is 2. The molecule has 0 spiro atoms. The number of fused-ring (bicyclic) bond motifs is 1. The molecule has 2 atom stereocenters. The van der Waals surface area contributed by atoms with E-state index in [1.807, 2.05) is 90.7 Å². The van der Waals surface area contributed by atoms with E-state index < -0.39 is 6.04 Å². The van der Waals surface area contributed by atoms with E-state index >= 15 is 0 Å². The summed E-state index contributed by atoms with van der Waals surface area (Å²) in [7, 11) is 0. The maximum Gasteiger partial charge on any atom is 0.259 e. The number of carbonyl (C=O) groups excluding carboxylic acids is 2. The van der Waals surface area contributed by atoms with E-state index in [9.17, 15) is 9.59 Å². The van der Waals surface area contributed by atoms with Gasteiger partial charge in [0.15, 0.2) is 5.78 Å². The minimum Gasteiger partial charge on any atom is -0.357 e. The largest absolute Gasteiger partial charge is 0.357 e. The molecule has 2 unspecified atom stereocenters. The highest BCUT2D eigenvalue weighted by Crippen LogP contribution is 2.47. The second kappa shape index (κ2) is 9.79. The van der Waals surface area contributed by atoms with Gasteiger partial charge in [0.25, 0.3) is 5.91 Å². The number of carbonyl (C=O) groups is 2. The lowest BCUT2D eigenvalue weighted by Gasteiger charge is -2.35. The van der Waals surface area contributed by atoms with Gasteiger partial charge in [0.05, 0.1) is 17.4 Å². The molecule has 0 radical (unpaired) electrons. The summed E-state index contributed by atoms with van der Waals surface area (Å²) in [4.78, 5) is 30.1. The first-order chi connectivity index (χ1) is 18.5. The maximum absolute atomic E-state index is 14.2. The topological polar surface area (TPSA) is 49.4 Å². The van der Waals surface area contributed by atoms with Crippen molar-refractivity contribution >= 4 is 23.1 Å². The quantitative estimate of drug-likeness (QED) is 0.318. The molecule has 1 aliphatic carbocycles. The summed E-state index contributed by atoms with van der Waals surface area (Å²) < 4.78 is 0. The fourth-order valence-electron chi connectivity index (χ4n) is 5.67. The van der Waals surface area contributed by atoms with Crippen molar-refractivity contribution in [2.24, 2.45) is 0 Å². The summed E-state index contributed by atoms with van der Waals surface area (Å²) in [5, 5.41) is 3.62. The van der Waals surface area contributed by atoms with Gasteiger partial charge in [-0.1, -0.05) is 90.0 Å². The molecule has 1 heterocycles. The van der Waals surface area contributed by atoms with Crippen LogP contribution in [-0.4, -0.2) is 11.7 Å². The van der Waals surface area contributed by atoms with E-state index in [-0.39, 0.29) is 17.6 Å². The Morgan fingerprint density at radius 3 is 2.03 bits per heavy atom. The Kier molecular flexibility index (Phi) is 6.16. The second-order valence-electron chi connectivity index (χ2n) is 10.3. The monoisotopic (exact) mass is 498 g/mol. The van der Waals surface area contributed by atoms with Gasteiger partial charge < -0.3 is 5.32 Å². The predicted molar refractivity (Wildman–Crippen MR) is 152 cm³/mol. The average molecular weight is 499 g/mol. The minimum absolute atomic E-state index is 0.0774. The highest BCUT2D eigenvalue weighted by Gasteiger charge is 2.41. The van der Waals surface area contributed by atoms with Crippen LogP contribution < -0.4 is 10.2 Å². The first-order valence-corrected chi connectivity index (χ1v) is 13.1. The normalized spacial score (nSPS) is 18.8. The van der Waals surface area contributed by atoms with Crippen molar-refractivity contribution in [3.8, 4) is 0 Å². The molecule has 188 valence electrons. The second-order valence-corrected chi connectivity index (χ2v) is 10.3. The van der Waals surface area contributed by atoms with Crippen molar-refractivity contribution in [1.82, 2.24) is 0 Å². The lowest BCUT2D eigenvalue weighted by atomic mass is 9.78. The Morgan fingerprint density at radius 2 is 1.34 bits per heavy atom. The highest BCUT2D eigenvalue weighted by molar-refractivity contribution is 6.12. The SMILES string of the molecule is Cc1ccc(C2CC(=O)C3=C(C2)Nc2ccccc2N(C(=O)c2ccccc2)C3c2ccc(C)cc2)cc1. The number of ketones is 1. The van der Waals surface area contributed by atoms with Crippen LogP contribution in [0.4, 0.5) is 11.4 Å². The molecule has 4 aromatic rings. The van der Waals surface area contributed by atoms with Crippen LogP contribution in [0.1, 0.15) is 57.4 Å². The van der Waals surface area contributed by atoms with Gasteiger partial charge in [-0.25, -0.2) is 0 Å². The van der Waals surface area contributed by atoms with Crippen LogP contribution in [0.2, 0.25) is 0 Å². The molecule has 0 saturated carbocycles. The van der Waals surface area contributed by atoms with Crippen molar-refractivity contribution in [2.45, 2.75) is 38.6 Å². The Labute approximate surface area is 223 Å². The Hall–Kier alpha value is -4.44. The van der Waals surface area contributed by atoms with Crippen LogP contribution in [0.15, 0.2) is 114 Å².